The summed E-state index contributed by atoms with van der Waals surface area (Å²) >= 11 is 0. The molecule has 1 aromatic carbocycles. The Labute approximate surface area is 202 Å². The molecule has 3 unspecified atom stereocenters. The predicted molar refractivity (Wildman–Crippen MR) is 132 cm³/mol. The number of rotatable bonds is 6. The minimum atomic E-state index is -0.176. The number of hydrogen-bond acceptors (Lipinski definition) is 8. The molecule has 35 heavy (non-hydrogen) atoms. The van der Waals surface area contributed by atoms with E-state index in [1.54, 1.807) is 18.6 Å². The Balaban J connectivity index is 1.15. The number of hydrogen-bond donors (Lipinski definition) is 5. The third kappa shape index (κ3) is 4.71. The molecule has 2 aliphatic rings. The lowest BCUT2D eigenvalue weighted by Crippen LogP contribution is -2.39. The minimum absolute atomic E-state index is 0.176. The van der Waals surface area contributed by atoms with Crippen LogP contribution >= 0.6 is 0 Å². The van der Waals surface area contributed by atoms with Gasteiger partial charge >= 0.3 is 0 Å². The molecule has 1 saturated carbocycles. The first-order chi connectivity index (χ1) is 17.2. The standard InChI is InChI=1S/C25H27N9O/c35-25(27-12-15-5-8-28-29-13-15)22-10-16-1-2-17(11-21(16)32-22)24-26-7-6-23(33-24)31-19-3-4-20-18(9-19)14-30-34-20/h1-2,5-8,10-11,13,18-20,30,32,34H,3-4,9,12,14H2,(H,27,35)(H,26,31,33). The smallest absolute Gasteiger partial charge is 0.267 e. The second-order valence-electron chi connectivity index (χ2n) is 9.23. The number of H-pyrrole nitrogens is 1. The molecule has 1 aliphatic carbocycles. The number of hydrazine groups is 1. The number of fused-ring (bicyclic) bond motifs is 2. The van der Waals surface area contributed by atoms with Crippen LogP contribution in [0.15, 0.2) is 55.0 Å². The second kappa shape index (κ2) is 9.40. The summed E-state index contributed by atoms with van der Waals surface area (Å²) in [7, 11) is 0. The normalized spacial score (nSPS) is 21.5. The zero-order valence-electron chi connectivity index (χ0n) is 19.2. The van der Waals surface area contributed by atoms with E-state index in [9.17, 15) is 4.79 Å². The lowest BCUT2D eigenvalue weighted by atomic mass is 9.83. The highest BCUT2D eigenvalue weighted by molar-refractivity contribution is 5.98. The molecule has 178 valence electrons. The first kappa shape index (κ1) is 21.6. The van der Waals surface area contributed by atoms with Crippen LogP contribution in [0.4, 0.5) is 5.82 Å². The first-order valence-corrected chi connectivity index (χ1v) is 12.0. The van der Waals surface area contributed by atoms with Gasteiger partial charge in [0, 0.05) is 54.0 Å². The highest BCUT2D eigenvalue weighted by Crippen LogP contribution is 2.29. The van der Waals surface area contributed by atoms with Crippen molar-refractivity contribution in [2.75, 3.05) is 11.9 Å². The molecule has 4 heterocycles. The molecule has 1 amide bonds. The van der Waals surface area contributed by atoms with Crippen LogP contribution in [0.25, 0.3) is 22.3 Å². The molecule has 2 fully saturated rings. The highest BCUT2D eigenvalue weighted by Gasteiger charge is 2.33. The fraction of sp³-hybridized carbons (Fsp3) is 0.320. The molecule has 1 saturated heterocycles. The average Bonchev–Trinajstić information content (AvgIpc) is 3.54. The Morgan fingerprint density at radius 3 is 2.97 bits per heavy atom. The number of benzene rings is 1. The summed E-state index contributed by atoms with van der Waals surface area (Å²) in [5.74, 6) is 1.98. The van der Waals surface area contributed by atoms with Crippen molar-refractivity contribution in [1.82, 2.24) is 41.3 Å². The molecular weight excluding hydrogens is 442 g/mol. The van der Waals surface area contributed by atoms with E-state index in [0.29, 0.717) is 36.1 Å². The molecule has 6 rings (SSSR count). The molecular formula is C25H27N9O. The topological polar surface area (TPSA) is 133 Å². The quantitative estimate of drug-likeness (QED) is 0.291. The molecule has 3 aromatic heterocycles. The molecule has 10 nitrogen and oxygen atoms in total. The van der Waals surface area contributed by atoms with E-state index in [2.05, 4.69) is 41.7 Å². The fourth-order valence-corrected chi connectivity index (χ4v) is 5.01. The summed E-state index contributed by atoms with van der Waals surface area (Å²) in [4.78, 5) is 25.1. The number of carbonyl (C=O) groups is 1. The minimum Gasteiger partial charge on any atom is -0.367 e. The number of aromatic nitrogens is 5. The number of aromatic amines is 1. The van der Waals surface area contributed by atoms with Crippen molar-refractivity contribution in [3.63, 3.8) is 0 Å². The third-order valence-corrected chi connectivity index (χ3v) is 6.87. The van der Waals surface area contributed by atoms with Gasteiger partial charge in [-0.1, -0.05) is 12.1 Å². The van der Waals surface area contributed by atoms with Crippen molar-refractivity contribution >= 4 is 22.6 Å². The molecule has 0 spiro atoms. The Hall–Kier alpha value is -3.89. The van der Waals surface area contributed by atoms with E-state index < -0.39 is 0 Å². The second-order valence-corrected chi connectivity index (χ2v) is 9.23. The maximum Gasteiger partial charge on any atom is 0.267 e. The van der Waals surface area contributed by atoms with Crippen molar-refractivity contribution < 1.29 is 4.79 Å². The van der Waals surface area contributed by atoms with Gasteiger partial charge in [-0.05, 0) is 55.0 Å². The van der Waals surface area contributed by atoms with Crippen molar-refractivity contribution in [1.29, 1.82) is 0 Å². The van der Waals surface area contributed by atoms with Gasteiger partial charge in [-0.2, -0.15) is 10.2 Å². The fourth-order valence-electron chi connectivity index (χ4n) is 5.01. The van der Waals surface area contributed by atoms with Gasteiger partial charge < -0.3 is 15.6 Å². The van der Waals surface area contributed by atoms with Crippen LogP contribution in [0.2, 0.25) is 0 Å². The zero-order valence-corrected chi connectivity index (χ0v) is 19.2. The van der Waals surface area contributed by atoms with Crippen molar-refractivity contribution in [3.8, 4) is 11.4 Å². The van der Waals surface area contributed by atoms with Gasteiger partial charge in [-0.25, -0.2) is 9.97 Å². The molecule has 1 aliphatic heterocycles. The summed E-state index contributed by atoms with van der Waals surface area (Å²) in [6, 6.07) is 12.5. The summed E-state index contributed by atoms with van der Waals surface area (Å²) < 4.78 is 0. The Morgan fingerprint density at radius 2 is 2.06 bits per heavy atom. The van der Waals surface area contributed by atoms with Gasteiger partial charge in [0.05, 0.1) is 6.20 Å². The lowest BCUT2D eigenvalue weighted by molar-refractivity contribution is 0.0946. The van der Waals surface area contributed by atoms with Gasteiger partial charge in [0.2, 0.25) is 0 Å². The van der Waals surface area contributed by atoms with Gasteiger partial charge in [-0.3, -0.25) is 15.6 Å². The van der Waals surface area contributed by atoms with E-state index in [4.69, 9.17) is 4.98 Å². The van der Waals surface area contributed by atoms with E-state index >= 15 is 0 Å². The predicted octanol–water partition coefficient (Wildman–Crippen LogP) is 2.40. The SMILES string of the molecule is O=C(NCc1ccnnc1)c1cc2ccc(-c3nccc(NC4CCC5NNCC5C4)n3)cc2[nH]1. The number of anilines is 1. The first-order valence-electron chi connectivity index (χ1n) is 12.0. The molecule has 0 radical (unpaired) electrons. The number of carbonyl (C=O) groups excluding carboxylic acids is 1. The van der Waals surface area contributed by atoms with Crippen LogP contribution < -0.4 is 21.5 Å². The summed E-state index contributed by atoms with van der Waals surface area (Å²) in [5.41, 5.74) is 9.80. The monoisotopic (exact) mass is 469 g/mol. The number of nitrogens with zero attached hydrogens (tertiary/aromatic N) is 4. The highest BCUT2D eigenvalue weighted by atomic mass is 16.1. The lowest BCUT2D eigenvalue weighted by Gasteiger charge is -2.31. The number of nitrogens with one attached hydrogen (secondary N) is 5. The Morgan fingerprint density at radius 1 is 1.09 bits per heavy atom. The zero-order chi connectivity index (χ0) is 23.6. The maximum atomic E-state index is 12.6. The van der Waals surface area contributed by atoms with E-state index in [1.807, 2.05) is 36.4 Å². The summed E-state index contributed by atoms with van der Waals surface area (Å²) in [6.07, 6.45) is 8.43. The van der Waals surface area contributed by atoms with Gasteiger partial charge in [0.15, 0.2) is 5.82 Å². The van der Waals surface area contributed by atoms with Crippen molar-refractivity contribution in [3.05, 3.63) is 66.2 Å². The summed E-state index contributed by atoms with van der Waals surface area (Å²) in [6.45, 7) is 1.41. The Kier molecular flexibility index (Phi) is 5.81. The van der Waals surface area contributed by atoms with Crippen LogP contribution in [-0.4, -0.2) is 49.7 Å². The van der Waals surface area contributed by atoms with Crippen LogP contribution in [0, 0.1) is 5.92 Å². The van der Waals surface area contributed by atoms with Crippen LogP contribution in [0.1, 0.15) is 35.3 Å². The molecule has 10 heteroatoms. The number of amides is 1. The maximum absolute atomic E-state index is 12.6. The van der Waals surface area contributed by atoms with Gasteiger partial charge in [-0.15, -0.1) is 0 Å². The Bertz CT molecular complexity index is 1340. The van der Waals surface area contributed by atoms with Crippen LogP contribution in [0.3, 0.4) is 0 Å². The molecule has 5 N–H and O–H groups in total. The third-order valence-electron chi connectivity index (χ3n) is 6.87. The molecule has 0 bridgehead atoms. The average molecular weight is 470 g/mol. The van der Waals surface area contributed by atoms with Gasteiger partial charge in [0.1, 0.15) is 11.5 Å². The molecule has 4 aromatic rings. The van der Waals surface area contributed by atoms with E-state index in [1.165, 1.54) is 0 Å². The van der Waals surface area contributed by atoms with E-state index in [-0.39, 0.29) is 5.91 Å². The van der Waals surface area contributed by atoms with Gasteiger partial charge in [0.25, 0.3) is 5.91 Å². The van der Waals surface area contributed by atoms with Crippen LogP contribution in [-0.2, 0) is 6.54 Å². The van der Waals surface area contributed by atoms with Crippen molar-refractivity contribution in [2.45, 2.75) is 37.9 Å². The van der Waals surface area contributed by atoms with Crippen molar-refractivity contribution in [2.24, 2.45) is 5.92 Å². The summed E-state index contributed by atoms with van der Waals surface area (Å²) in [5, 5.41) is 15.0. The molecule has 3 atom stereocenters. The van der Waals surface area contributed by atoms with E-state index in [0.717, 1.165) is 53.7 Å². The largest absolute Gasteiger partial charge is 0.367 e. The van der Waals surface area contributed by atoms with Crippen LogP contribution in [0.5, 0.6) is 0 Å².